The average molecular weight is 636 g/mol. The second kappa shape index (κ2) is 16.6. The summed E-state index contributed by atoms with van der Waals surface area (Å²) < 4.78 is 69.5. The van der Waals surface area contributed by atoms with Gasteiger partial charge in [-0.2, -0.15) is 4.39 Å². The zero-order valence-electron chi connectivity index (χ0n) is 23.2. The van der Waals surface area contributed by atoms with E-state index in [9.17, 15) is 19.6 Å². The summed E-state index contributed by atoms with van der Waals surface area (Å²) >= 11 is 0. The lowest BCUT2D eigenvalue weighted by atomic mass is 10.0. The van der Waals surface area contributed by atoms with Gasteiger partial charge in [-0.25, -0.2) is 9.97 Å². The Hall–Kier alpha value is -4.98. The maximum absolute atomic E-state index is 14.1. The zero-order chi connectivity index (χ0) is 32.3. The lowest BCUT2D eigenvalue weighted by Crippen LogP contribution is -2.14. The van der Waals surface area contributed by atoms with Gasteiger partial charge in [0.2, 0.25) is 11.8 Å². The number of hydrogen-bond acceptors (Lipinski definition) is 7. The van der Waals surface area contributed by atoms with Crippen molar-refractivity contribution in [1.82, 2.24) is 14.5 Å². The fourth-order valence-electron chi connectivity index (χ4n) is 4.47. The van der Waals surface area contributed by atoms with Crippen LogP contribution in [0.2, 0.25) is 0 Å². The molecule has 0 fully saturated rings. The Labute approximate surface area is 244 Å². The number of ether oxygens (including phenoxy) is 1. The molecule has 0 spiro atoms. The highest BCUT2D eigenvalue weighted by molar-refractivity contribution is 5.98. The summed E-state index contributed by atoms with van der Waals surface area (Å²) in [4.78, 5) is 19.5. The number of halogens is 8. The molecule has 44 heavy (non-hydrogen) atoms. The number of anilines is 2. The minimum absolute atomic E-state index is 0. The number of para-hydroxylation sites is 1. The molecule has 0 saturated heterocycles. The molecule has 9 nitrogen and oxygen atoms in total. The predicted octanol–water partition coefficient (Wildman–Crippen LogP) is 7.64. The van der Waals surface area contributed by atoms with Crippen LogP contribution in [0.3, 0.4) is 0 Å². The van der Waals surface area contributed by atoms with Crippen LogP contribution in [0.1, 0.15) is 31.4 Å². The summed E-state index contributed by atoms with van der Waals surface area (Å²) in [6, 6.07) is 8.15. The highest BCUT2D eigenvalue weighted by Crippen LogP contribution is 2.37. The molecule has 0 bridgehead atoms. The Morgan fingerprint density at radius 2 is 1.84 bits per heavy atom. The molecule has 5 rings (SSSR count). The van der Waals surface area contributed by atoms with Crippen LogP contribution in [0.5, 0.6) is 5.75 Å². The van der Waals surface area contributed by atoms with E-state index in [0.29, 0.717) is 11.3 Å². The van der Waals surface area contributed by atoms with Crippen LogP contribution >= 0.6 is 0 Å². The van der Waals surface area contributed by atoms with Crippen LogP contribution < -0.4 is 10.1 Å². The van der Waals surface area contributed by atoms with E-state index >= 15 is 0 Å². The summed E-state index contributed by atoms with van der Waals surface area (Å²) in [5, 5.41) is 25.4. The van der Waals surface area contributed by atoms with Crippen molar-refractivity contribution in [3.63, 3.8) is 0 Å². The van der Waals surface area contributed by atoms with Gasteiger partial charge in [-0.1, -0.05) is 30.0 Å². The Balaban J connectivity index is 0.00000130. The summed E-state index contributed by atoms with van der Waals surface area (Å²) in [5.74, 6) is 4.98. The van der Waals surface area contributed by atoms with E-state index in [-0.39, 0.29) is 22.1 Å². The van der Waals surface area contributed by atoms with Crippen molar-refractivity contribution in [1.29, 1.82) is 0 Å². The number of nitrogens with zero attached hydrogens (tertiary/aromatic N) is 4. The third-order valence-electron chi connectivity index (χ3n) is 6.09. The number of nitro benzene ring substituents is 1. The maximum Gasteiger partial charge on any atom is 0.307 e. The number of hydrogen-bond donors (Lipinski definition) is 2. The highest BCUT2D eigenvalue weighted by Gasteiger charge is 2.22. The van der Waals surface area contributed by atoms with Crippen LogP contribution in [-0.4, -0.2) is 37.3 Å². The van der Waals surface area contributed by atoms with E-state index in [1.807, 2.05) is 18.3 Å². The number of nitrogens with one attached hydrogen (secondary N) is 1. The van der Waals surface area contributed by atoms with Gasteiger partial charge in [-0.05, 0) is 32.3 Å². The van der Waals surface area contributed by atoms with Gasteiger partial charge in [0.1, 0.15) is 11.4 Å². The van der Waals surface area contributed by atoms with Crippen LogP contribution in [-0.2, 0) is 13.0 Å². The minimum atomic E-state index is -1.22. The Morgan fingerprint density at radius 3 is 2.45 bits per heavy atom. The van der Waals surface area contributed by atoms with Crippen molar-refractivity contribution in [3.8, 4) is 28.8 Å². The molecule has 238 valence electrons. The van der Waals surface area contributed by atoms with E-state index in [1.165, 1.54) is 18.9 Å². The van der Waals surface area contributed by atoms with Crippen LogP contribution in [0, 0.1) is 27.8 Å². The van der Waals surface area contributed by atoms with Crippen LogP contribution in [0.15, 0.2) is 42.7 Å². The second-order valence-corrected chi connectivity index (χ2v) is 9.30. The molecule has 0 amide bonds. The predicted molar refractivity (Wildman–Crippen MR) is 147 cm³/mol. The van der Waals surface area contributed by atoms with Gasteiger partial charge < -0.3 is 19.7 Å². The molecule has 0 aliphatic carbocycles. The van der Waals surface area contributed by atoms with Gasteiger partial charge in [-0.15, -0.1) is 0 Å². The Bertz CT molecular complexity index is 1630. The quantitative estimate of drug-likeness (QED) is 0.100. The summed E-state index contributed by atoms with van der Waals surface area (Å²) in [6.07, 6.45) is 5.59. The highest BCUT2D eigenvalue weighted by atomic mass is 20.0. The molecule has 4 aromatic rings. The van der Waals surface area contributed by atoms with Gasteiger partial charge in [0.15, 0.2) is 0 Å². The largest absolute Gasteiger partial charge is 0.494 e. The summed E-state index contributed by atoms with van der Waals surface area (Å²) in [5.41, 5.74) is 2.51. The SMILES string of the molecule is COc1cc(F)c([N+](=O)[O-])cc1Nc1ncc(C#CC(C)(C)O)c(-c2cn3c4c(cccc24)CCC3)n1.F.FF.FF.FF. The van der Waals surface area contributed by atoms with Crippen molar-refractivity contribution < 1.29 is 51.3 Å². The van der Waals surface area contributed by atoms with E-state index in [1.54, 1.807) is 13.8 Å². The van der Waals surface area contributed by atoms with E-state index < -0.39 is 22.0 Å². The first-order valence-corrected chi connectivity index (χ1v) is 12.1. The number of aryl methyl sites for hydroxylation is 2. The topological polar surface area (TPSA) is 115 Å². The maximum atomic E-state index is 14.1. The number of rotatable bonds is 5. The van der Waals surface area contributed by atoms with E-state index in [4.69, 9.17) is 37.2 Å². The fourth-order valence-corrected chi connectivity index (χ4v) is 4.47. The molecule has 17 heteroatoms. The van der Waals surface area contributed by atoms with Gasteiger partial charge in [0.25, 0.3) is 0 Å². The average Bonchev–Trinajstić information content (AvgIpc) is 3.40. The molecule has 2 aromatic heterocycles. The number of aromatic nitrogens is 3. The Kier molecular flexibility index (Phi) is 14.0. The van der Waals surface area contributed by atoms with Gasteiger partial charge in [0, 0.05) is 69.5 Å². The van der Waals surface area contributed by atoms with Crippen molar-refractivity contribution in [2.45, 2.75) is 38.8 Å². The summed E-state index contributed by atoms with van der Waals surface area (Å²) in [6.45, 7) is 4.06. The van der Waals surface area contributed by atoms with Crippen molar-refractivity contribution in [3.05, 3.63) is 69.8 Å². The molecular weight excluding hydrogens is 610 g/mol. The normalized spacial score (nSPS) is 11.1. The third-order valence-corrected chi connectivity index (χ3v) is 6.09. The molecule has 3 heterocycles. The first-order valence-electron chi connectivity index (χ1n) is 12.1. The monoisotopic (exact) mass is 635 g/mol. The molecule has 2 N–H and O–H groups in total. The molecular formula is C27H25F8N5O4. The second-order valence-electron chi connectivity index (χ2n) is 9.30. The van der Waals surface area contributed by atoms with Crippen LogP contribution in [0.4, 0.5) is 53.9 Å². The fraction of sp³-hybridized carbons (Fsp3) is 0.259. The lowest BCUT2D eigenvalue weighted by Gasteiger charge is -2.14. The number of benzene rings is 2. The molecule has 0 atom stereocenters. The first kappa shape index (κ1) is 37.0. The third kappa shape index (κ3) is 8.31. The van der Waals surface area contributed by atoms with Crippen LogP contribution in [0.25, 0.3) is 22.2 Å². The van der Waals surface area contributed by atoms with Crippen molar-refractivity contribution in [2.24, 2.45) is 0 Å². The van der Waals surface area contributed by atoms with E-state index in [2.05, 4.69) is 32.8 Å². The lowest BCUT2D eigenvalue weighted by molar-refractivity contribution is -0.387. The number of methoxy groups -OCH3 is 1. The molecule has 1 aliphatic heterocycles. The van der Waals surface area contributed by atoms with E-state index in [0.717, 1.165) is 48.0 Å². The number of aliphatic hydroxyl groups is 1. The zero-order valence-corrected chi connectivity index (χ0v) is 23.2. The van der Waals surface area contributed by atoms with Gasteiger partial charge >= 0.3 is 5.69 Å². The summed E-state index contributed by atoms with van der Waals surface area (Å²) in [7, 11) is 1.33. The van der Waals surface area contributed by atoms with Crippen molar-refractivity contribution >= 4 is 28.2 Å². The molecule has 0 saturated carbocycles. The molecule has 1 aliphatic rings. The molecule has 0 radical (unpaired) electrons. The Morgan fingerprint density at radius 1 is 1.16 bits per heavy atom. The van der Waals surface area contributed by atoms with Crippen molar-refractivity contribution in [2.75, 3.05) is 12.4 Å². The van der Waals surface area contributed by atoms with Gasteiger partial charge in [-0.3, -0.25) is 14.8 Å². The minimum Gasteiger partial charge on any atom is -0.494 e. The standard InChI is InChI=1S/C27H24FN5O4.3F2.FH/c1-27(2,34)10-9-17-14-29-26(30-21-13-22(33(35)36)20(28)12-23(21)37-3)31-24(17)19-15-32-11-5-7-16-6-4-8-18(19)25(16)32;3*1-2;/h4,6,8,12-15,34H,5,7,11H2,1-3H3,(H,29,30,31);;;;1H. The van der Waals surface area contributed by atoms with Gasteiger partial charge in [0.05, 0.1) is 34.5 Å². The number of nitro groups is 1. The molecule has 2 aromatic carbocycles. The molecule has 0 unspecified atom stereocenters. The first-order chi connectivity index (χ1) is 20.6. The smallest absolute Gasteiger partial charge is 0.307 e.